The van der Waals surface area contributed by atoms with Gasteiger partial charge in [0, 0.05) is 5.92 Å². The Balaban J connectivity index is 2.74. The van der Waals surface area contributed by atoms with Crippen LogP contribution in [0.3, 0.4) is 0 Å². The van der Waals surface area contributed by atoms with Crippen molar-refractivity contribution in [1.82, 2.24) is 0 Å². The first kappa shape index (κ1) is 15.5. The summed E-state index contributed by atoms with van der Waals surface area (Å²) in [6.07, 6.45) is 3.38. The zero-order chi connectivity index (χ0) is 14.4. The van der Waals surface area contributed by atoms with Crippen LogP contribution >= 0.6 is 0 Å². The summed E-state index contributed by atoms with van der Waals surface area (Å²) in [4.78, 5) is 33.5. The van der Waals surface area contributed by atoms with Gasteiger partial charge >= 0.3 is 11.9 Å². The number of primary amides is 1. The van der Waals surface area contributed by atoms with E-state index in [4.69, 9.17) is 15.9 Å². The molecule has 1 aliphatic carbocycles. The van der Waals surface area contributed by atoms with E-state index in [9.17, 15) is 14.4 Å². The first-order valence-corrected chi connectivity index (χ1v) is 6.66. The molecule has 6 heteroatoms. The number of amides is 1. The molecule has 1 saturated carbocycles. The van der Waals surface area contributed by atoms with Crippen LogP contribution in [-0.4, -0.2) is 28.1 Å². The van der Waals surface area contributed by atoms with Crippen LogP contribution in [0.1, 0.15) is 44.9 Å². The zero-order valence-corrected chi connectivity index (χ0v) is 10.9. The minimum Gasteiger partial charge on any atom is -0.481 e. The number of hydrogen-bond acceptors (Lipinski definition) is 3. The predicted octanol–water partition coefficient (Wildman–Crippen LogP) is 1.23. The molecule has 0 aliphatic heterocycles. The number of carbonyl (C=O) groups excluding carboxylic acids is 1. The third-order valence-electron chi connectivity index (χ3n) is 3.89. The highest BCUT2D eigenvalue weighted by atomic mass is 16.4. The van der Waals surface area contributed by atoms with Gasteiger partial charge in [-0.3, -0.25) is 14.4 Å². The van der Waals surface area contributed by atoms with Crippen molar-refractivity contribution in [3.05, 3.63) is 0 Å². The van der Waals surface area contributed by atoms with Crippen LogP contribution in [0, 0.1) is 17.8 Å². The van der Waals surface area contributed by atoms with Gasteiger partial charge in [-0.1, -0.05) is 12.8 Å². The van der Waals surface area contributed by atoms with E-state index in [0.29, 0.717) is 25.7 Å². The average molecular weight is 271 g/mol. The van der Waals surface area contributed by atoms with Gasteiger partial charge in [-0.2, -0.15) is 0 Å². The number of carboxylic acids is 2. The van der Waals surface area contributed by atoms with E-state index >= 15 is 0 Å². The number of hydrogen-bond donors (Lipinski definition) is 3. The minimum absolute atomic E-state index is 0.219. The highest BCUT2D eigenvalue weighted by Crippen LogP contribution is 2.28. The first-order chi connectivity index (χ1) is 8.91. The minimum atomic E-state index is -0.976. The molecule has 1 aliphatic rings. The molecule has 0 bridgehead atoms. The molecule has 1 rings (SSSR count). The monoisotopic (exact) mass is 271 g/mol. The van der Waals surface area contributed by atoms with Crippen LogP contribution in [-0.2, 0) is 14.4 Å². The van der Waals surface area contributed by atoms with Gasteiger partial charge in [0.15, 0.2) is 0 Å². The first-order valence-electron chi connectivity index (χ1n) is 6.66. The summed E-state index contributed by atoms with van der Waals surface area (Å²) in [7, 11) is 0. The third-order valence-corrected chi connectivity index (χ3v) is 3.89. The van der Waals surface area contributed by atoms with Gasteiger partial charge < -0.3 is 15.9 Å². The molecule has 3 atom stereocenters. The molecule has 0 radical (unpaired) electrons. The van der Waals surface area contributed by atoms with Gasteiger partial charge in [0.2, 0.25) is 5.91 Å². The van der Waals surface area contributed by atoms with Crippen molar-refractivity contribution < 1.29 is 24.6 Å². The lowest BCUT2D eigenvalue weighted by molar-refractivity contribution is -0.146. The second-order valence-electron chi connectivity index (χ2n) is 5.27. The van der Waals surface area contributed by atoms with Gasteiger partial charge in [0.1, 0.15) is 0 Å². The van der Waals surface area contributed by atoms with Crippen LogP contribution in [0.2, 0.25) is 0 Å². The molecular weight excluding hydrogens is 250 g/mol. The van der Waals surface area contributed by atoms with Crippen LogP contribution in [0.4, 0.5) is 0 Å². The van der Waals surface area contributed by atoms with Gasteiger partial charge in [-0.15, -0.1) is 0 Å². The van der Waals surface area contributed by atoms with Crippen molar-refractivity contribution in [2.24, 2.45) is 23.5 Å². The molecule has 0 aromatic rings. The van der Waals surface area contributed by atoms with Crippen molar-refractivity contribution >= 4 is 17.8 Å². The number of aliphatic carboxylic acids is 2. The summed E-state index contributed by atoms with van der Waals surface area (Å²) in [6.45, 7) is 0. The smallest absolute Gasteiger partial charge is 0.306 e. The van der Waals surface area contributed by atoms with Crippen LogP contribution in [0.25, 0.3) is 0 Å². The van der Waals surface area contributed by atoms with Crippen LogP contribution in [0.5, 0.6) is 0 Å². The summed E-state index contributed by atoms with van der Waals surface area (Å²) in [5, 5.41) is 18.2. The second-order valence-corrected chi connectivity index (χ2v) is 5.27. The van der Waals surface area contributed by atoms with E-state index in [-0.39, 0.29) is 12.8 Å². The largest absolute Gasteiger partial charge is 0.481 e. The van der Waals surface area contributed by atoms with Gasteiger partial charge in [0.05, 0.1) is 11.8 Å². The molecule has 19 heavy (non-hydrogen) atoms. The molecular formula is C13H21NO5. The van der Waals surface area contributed by atoms with Gasteiger partial charge in [0.25, 0.3) is 0 Å². The van der Waals surface area contributed by atoms with E-state index in [2.05, 4.69) is 0 Å². The molecule has 1 amide bonds. The van der Waals surface area contributed by atoms with Crippen molar-refractivity contribution in [3.8, 4) is 0 Å². The lowest BCUT2D eigenvalue weighted by atomic mass is 9.82. The lowest BCUT2D eigenvalue weighted by Crippen LogP contribution is -2.29. The van der Waals surface area contributed by atoms with E-state index in [0.717, 1.165) is 6.42 Å². The highest BCUT2D eigenvalue weighted by molar-refractivity contribution is 5.78. The molecule has 3 unspecified atom stereocenters. The molecule has 6 nitrogen and oxygen atoms in total. The third kappa shape index (κ3) is 4.89. The van der Waals surface area contributed by atoms with E-state index in [1.54, 1.807) is 0 Å². The maximum Gasteiger partial charge on any atom is 0.306 e. The molecule has 0 heterocycles. The Bertz CT molecular complexity index is 355. The van der Waals surface area contributed by atoms with E-state index < -0.39 is 35.6 Å². The van der Waals surface area contributed by atoms with Crippen molar-refractivity contribution in [3.63, 3.8) is 0 Å². The summed E-state index contributed by atoms with van der Waals surface area (Å²) in [5.41, 5.74) is 5.29. The van der Waals surface area contributed by atoms with E-state index in [1.165, 1.54) is 0 Å². The van der Waals surface area contributed by atoms with Gasteiger partial charge in [-0.05, 0) is 32.1 Å². The Morgan fingerprint density at radius 2 is 1.26 bits per heavy atom. The summed E-state index contributed by atoms with van der Waals surface area (Å²) >= 11 is 0. The molecule has 1 fully saturated rings. The van der Waals surface area contributed by atoms with Gasteiger partial charge in [-0.25, -0.2) is 0 Å². The molecule has 0 spiro atoms. The Hall–Kier alpha value is -1.59. The lowest BCUT2D eigenvalue weighted by Gasteiger charge is -2.22. The molecule has 0 aromatic carbocycles. The Kier molecular flexibility index (Phi) is 5.79. The Morgan fingerprint density at radius 3 is 1.74 bits per heavy atom. The fourth-order valence-corrected chi connectivity index (χ4v) is 2.64. The number of carbonyl (C=O) groups is 3. The zero-order valence-electron chi connectivity index (χ0n) is 10.9. The topological polar surface area (TPSA) is 118 Å². The van der Waals surface area contributed by atoms with Crippen molar-refractivity contribution in [2.75, 3.05) is 0 Å². The quantitative estimate of drug-likeness (QED) is 0.713. The number of rotatable bonds is 3. The summed E-state index contributed by atoms with van der Waals surface area (Å²) in [6, 6.07) is 0. The maximum absolute atomic E-state index is 11.3. The maximum atomic E-state index is 11.3. The molecule has 4 N–H and O–H groups in total. The normalized spacial score (nSPS) is 29.4. The summed E-state index contributed by atoms with van der Waals surface area (Å²) < 4.78 is 0. The van der Waals surface area contributed by atoms with Crippen LogP contribution < -0.4 is 5.73 Å². The Labute approximate surface area is 112 Å². The predicted molar refractivity (Wildman–Crippen MR) is 67.3 cm³/mol. The fourth-order valence-electron chi connectivity index (χ4n) is 2.64. The molecule has 108 valence electrons. The molecule has 0 saturated heterocycles. The van der Waals surface area contributed by atoms with Crippen molar-refractivity contribution in [1.29, 1.82) is 0 Å². The average Bonchev–Trinajstić information content (AvgIpc) is 2.33. The standard InChI is InChI=1S/C13H21NO5/c14-11(15)9-4-2-1-3-8(12(16)17)5-6-10(7-9)13(18)19/h8-10H,1-7H2,(H2,14,15)(H,16,17)(H,18,19). The molecule has 0 aromatic heterocycles. The number of nitrogens with two attached hydrogens (primary N) is 1. The summed E-state index contributed by atoms with van der Waals surface area (Å²) in [5.74, 6) is -3.87. The van der Waals surface area contributed by atoms with E-state index in [1.807, 2.05) is 0 Å². The van der Waals surface area contributed by atoms with Crippen LogP contribution in [0.15, 0.2) is 0 Å². The fraction of sp³-hybridized carbons (Fsp3) is 0.769. The SMILES string of the molecule is NC(=O)C1CCCCC(C(=O)O)CCC(C(=O)O)C1. The number of carboxylic acid groups (broad SMARTS) is 2. The Morgan fingerprint density at radius 1 is 0.789 bits per heavy atom. The second kappa shape index (κ2) is 7.11. The van der Waals surface area contributed by atoms with Crippen molar-refractivity contribution in [2.45, 2.75) is 44.9 Å². The highest BCUT2D eigenvalue weighted by Gasteiger charge is 2.29.